The van der Waals surface area contributed by atoms with Gasteiger partial charge in [-0.1, -0.05) is 30.3 Å². The summed E-state index contributed by atoms with van der Waals surface area (Å²) in [6.07, 6.45) is 0.735. The fourth-order valence-electron chi connectivity index (χ4n) is 1.46. The van der Waals surface area contributed by atoms with Gasteiger partial charge in [-0.15, -0.1) is 0 Å². The number of nitrogens with two attached hydrogens (primary N) is 1. The molecule has 1 aromatic carbocycles. The van der Waals surface area contributed by atoms with E-state index in [1.54, 1.807) is 6.92 Å². The summed E-state index contributed by atoms with van der Waals surface area (Å²) in [5.74, 6) is 0.169. The van der Waals surface area contributed by atoms with Crippen LogP contribution in [-0.4, -0.2) is 12.3 Å². The molecule has 1 rings (SSSR count). The predicted molar refractivity (Wildman–Crippen MR) is 53.5 cm³/mol. The average Bonchev–Trinajstić information content (AvgIpc) is 2.15. The predicted octanol–water partition coefficient (Wildman–Crippen LogP) is 1.71. The topological polar surface area (TPSA) is 43.1 Å². The van der Waals surface area contributed by atoms with E-state index in [0.717, 1.165) is 12.0 Å². The Labute approximate surface area is 78.8 Å². The first-order valence-electron chi connectivity index (χ1n) is 4.51. The van der Waals surface area contributed by atoms with Crippen LogP contribution in [-0.2, 0) is 4.79 Å². The van der Waals surface area contributed by atoms with Crippen LogP contribution in [0.4, 0.5) is 0 Å². The molecule has 2 N–H and O–H groups in total. The number of carbonyl (C=O) groups excluding carboxylic acids is 1. The van der Waals surface area contributed by atoms with E-state index in [1.807, 2.05) is 30.3 Å². The van der Waals surface area contributed by atoms with E-state index in [-0.39, 0.29) is 11.7 Å². The quantitative estimate of drug-likeness (QED) is 0.760. The molecule has 0 aliphatic carbocycles. The smallest absolute Gasteiger partial charge is 0.137 e. The molecule has 0 amide bonds. The Morgan fingerprint density at radius 3 is 2.46 bits per heavy atom. The minimum atomic E-state index is -0.0220. The highest BCUT2D eigenvalue weighted by atomic mass is 16.1. The molecule has 1 atom stereocenters. The van der Waals surface area contributed by atoms with E-state index in [1.165, 1.54) is 0 Å². The Balaban J connectivity index is 2.82. The maximum absolute atomic E-state index is 11.3. The van der Waals surface area contributed by atoms with Crippen molar-refractivity contribution in [1.82, 2.24) is 0 Å². The minimum absolute atomic E-state index is 0.0220. The molecule has 0 saturated heterocycles. The summed E-state index contributed by atoms with van der Waals surface area (Å²) in [5.41, 5.74) is 6.52. The maximum atomic E-state index is 11.3. The van der Waals surface area contributed by atoms with Crippen molar-refractivity contribution >= 4 is 5.78 Å². The van der Waals surface area contributed by atoms with Crippen molar-refractivity contribution in [2.75, 3.05) is 6.54 Å². The Morgan fingerprint density at radius 1 is 1.38 bits per heavy atom. The molecule has 0 bridgehead atoms. The van der Waals surface area contributed by atoms with Gasteiger partial charge in [-0.05, 0) is 25.5 Å². The zero-order chi connectivity index (χ0) is 9.68. The Bertz CT molecular complexity index is 269. The number of ketones is 1. The molecule has 2 nitrogen and oxygen atoms in total. The van der Waals surface area contributed by atoms with Crippen molar-refractivity contribution in [1.29, 1.82) is 0 Å². The van der Waals surface area contributed by atoms with Gasteiger partial charge in [0, 0.05) is 5.92 Å². The molecular formula is C11H15NO. The van der Waals surface area contributed by atoms with Gasteiger partial charge >= 0.3 is 0 Å². The SMILES string of the molecule is CC(=O)C(CCN)c1ccccc1. The van der Waals surface area contributed by atoms with E-state index < -0.39 is 0 Å². The summed E-state index contributed by atoms with van der Waals surface area (Å²) in [5, 5.41) is 0. The van der Waals surface area contributed by atoms with Crippen LogP contribution >= 0.6 is 0 Å². The number of rotatable bonds is 4. The van der Waals surface area contributed by atoms with Crippen molar-refractivity contribution in [3.05, 3.63) is 35.9 Å². The normalized spacial score (nSPS) is 12.5. The fraction of sp³-hybridized carbons (Fsp3) is 0.364. The van der Waals surface area contributed by atoms with Gasteiger partial charge < -0.3 is 5.73 Å². The lowest BCUT2D eigenvalue weighted by molar-refractivity contribution is -0.118. The number of hydrogen-bond acceptors (Lipinski definition) is 2. The van der Waals surface area contributed by atoms with E-state index in [2.05, 4.69) is 0 Å². The second kappa shape index (κ2) is 4.77. The third-order valence-electron chi connectivity index (χ3n) is 2.15. The van der Waals surface area contributed by atoms with Crippen LogP contribution in [0.1, 0.15) is 24.8 Å². The van der Waals surface area contributed by atoms with Crippen molar-refractivity contribution < 1.29 is 4.79 Å². The van der Waals surface area contributed by atoms with Crippen LogP contribution < -0.4 is 5.73 Å². The highest BCUT2D eigenvalue weighted by molar-refractivity contribution is 5.83. The number of benzene rings is 1. The van der Waals surface area contributed by atoms with Crippen molar-refractivity contribution in [3.63, 3.8) is 0 Å². The molecule has 70 valence electrons. The van der Waals surface area contributed by atoms with Crippen LogP contribution in [0.15, 0.2) is 30.3 Å². The number of carbonyl (C=O) groups is 1. The largest absolute Gasteiger partial charge is 0.330 e. The summed E-state index contributed by atoms with van der Waals surface area (Å²) in [6, 6.07) is 9.79. The first-order valence-corrected chi connectivity index (χ1v) is 4.51. The lowest BCUT2D eigenvalue weighted by Crippen LogP contribution is -2.13. The zero-order valence-corrected chi connectivity index (χ0v) is 7.86. The van der Waals surface area contributed by atoms with Crippen LogP contribution in [0.25, 0.3) is 0 Å². The standard InChI is InChI=1S/C11H15NO/c1-9(13)11(7-8-12)10-5-3-2-4-6-10/h2-6,11H,7-8,12H2,1H3. The van der Waals surface area contributed by atoms with Gasteiger partial charge in [-0.3, -0.25) is 4.79 Å². The van der Waals surface area contributed by atoms with Gasteiger partial charge in [0.2, 0.25) is 0 Å². The maximum Gasteiger partial charge on any atom is 0.137 e. The monoisotopic (exact) mass is 177 g/mol. The molecule has 1 aromatic rings. The molecular weight excluding hydrogens is 162 g/mol. The summed E-state index contributed by atoms with van der Waals surface area (Å²) in [6.45, 7) is 2.17. The Hall–Kier alpha value is -1.15. The number of Topliss-reactive ketones (excluding diaryl/α,β-unsaturated/α-hetero) is 1. The summed E-state index contributed by atoms with van der Waals surface area (Å²) >= 11 is 0. The molecule has 0 radical (unpaired) electrons. The summed E-state index contributed by atoms with van der Waals surface area (Å²) in [4.78, 5) is 11.3. The average molecular weight is 177 g/mol. The van der Waals surface area contributed by atoms with Crippen molar-refractivity contribution in [3.8, 4) is 0 Å². The molecule has 2 heteroatoms. The highest BCUT2D eigenvalue weighted by Crippen LogP contribution is 2.19. The Morgan fingerprint density at radius 2 is 2.00 bits per heavy atom. The number of hydrogen-bond donors (Lipinski definition) is 1. The van der Waals surface area contributed by atoms with E-state index in [4.69, 9.17) is 5.73 Å². The van der Waals surface area contributed by atoms with Crippen LogP contribution in [0.3, 0.4) is 0 Å². The minimum Gasteiger partial charge on any atom is -0.330 e. The van der Waals surface area contributed by atoms with Crippen molar-refractivity contribution in [2.24, 2.45) is 5.73 Å². The van der Waals surface area contributed by atoms with Gasteiger partial charge in [0.1, 0.15) is 5.78 Å². The summed E-state index contributed by atoms with van der Waals surface area (Å²) < 4.78 is 0. The first kappa shape index (κ1) is 9.93. The zero-order valence-electron chi connectivity index (χ0n) is 7.86. The molecule has 13 heavy (non-hydrogen) atoms. The molecule has 0 fully saturated rings. The lowest BCUT2D eigenvalue weighted by Gasteiger charge is -2.12. The first-order chi connectivity index (χ1) is 6.25. The molecule has 0 heterocycles. The molecule has 0 aliphatic rings. The molecule has 1 unspecified atom stereocenters. The lowest BCUT2D eigenvalue weighted by atomic mass is 9.92. The van der Waals surface area contributed by atoms with Gasteiger partial charge in [0.15, 0.2) is 0 Å². The Kier molecular flexibility index (Phi) is 3.65. The van der Waals surface area contributed by atoms with Crippen LogP contribution in [0.5, 0.6) is 0 Å². The van der Waals surface area contributed by atoms with Gasteiger partial charge in [-0.25, -0.2) is 0 Å². The second-order valence-corrected chi connectivity index (χ2v) is 3.15. The van der Waals surface area contributed by atoms with E-state index >= 15 is 0 Å². The second-order valence-electron chi connectivity index (χ2n) is 3.15. The fourth-order valence-corrected chi connectivity index (χ4v) is 1.46. The third-order valence-corrected chi connectivity index (χ3v) is 2.15. The molecule has 0 saturated carbocycles. The summed E-state index contributed by atoms with van der Waals surface area (Å²) in [7, 11) is 0. The molecule has 0 aliphatic heterocycles. The van der Waals surface area contributed by atoms with E-state index in [0.29, 0.717) is 6.54 Å². The van der Waals surface area contributed by atoms with Crippen LogP contribution in [0.2, 0.25) is 0 Å². The highest BCUT2D eigenvalue weighted by Gasteiger charge is 2.14. The van der Waals surface area contributed by atoms with Gasteiger partial charge in [0.25, 0.3) is 0 Å². The molecule has 0 aromatic heterocycles. The van der Waals surface area contributed by atoms with Gasteiger partial charge in [-0.2, -0.15) is 0 Å². The van der Waals surface area contributed by atoms with E-state index in [9.17, 15) is 4.79 Å². The van der Waals surface area contributed by atoms with Crippen LogP contribution in [0, 0.1) is 0 Å². The van der Waals surface area contributed by atoms with Crippen molar-refractivity contribution in [2.45, 2.75) is 19.3 Å². The molecule has 0 spiro atoms. The van der Waals surface area contributed by atoms with Gasteiger partial charge in [0.05, 0.1) is 0 Å². The third kappa shape index (κ3) is 2.67.